The molecular weight excluding hydrogens is 466 g/mol. The van der Waals surface area contributed by atoms with Gasteiger partial charge in [0, 0.05) is 10.7 Å². The van der Waals surface area contributed by atoms with Crippen molar-refractivity contribution in [3.8, 4) is 11.5 Å². The number of carbonyl (C=O) groups is 2. The van der Waals surface area contributed by atoms with Crippen molar-refractivity contribution in [3.63, 3.8) is 0 Å². The molecule has 0 saturated carbocycles. The van der Waals surface area contributed by atoms with Gasteiger partial charge in [-0.05, 0) is 86.0 Å². The van der Waals surface area contributed by atoms with Crippen LogP contribution in [0.3, 0.4) is 0 Å². The van der Waals surface area contributed by atoms with E-state index >= 15 is 0 Å². The quantitative estimate of drug-likeness (QED) is 0.360. The van der Waals surface area contributed by atoms with Crippen molar-refractivity contribution in [2.45, 2.75) is 33.2 Å². The van der Waals surface area contributed by atoms with Crippen LogP contribution in [-0.4, -0.2) is 31.7 Å². The van der Waals surface area contributed by atoms with Crippen molar-refractivity contribution in [3.05, 3.63) is 87.9 Å². The Balaban J connectivity index is 1.84. The summed E-state index contributed by atoms with van der Waals surface area (Å²) >= 11 is 6.17. The Hall–Kier alpha value is -3.51. The Morgan fingerprint density at radius 3 is 2.14 bits per heavy atom. The number of hydrogen-bond donors (Lipinski definition) is 0. The lowest BCUT2D eigenvalue weighted by molar-refractivity contribution is -0.118. The molecule has 3 aromatic carbocycles. The Kier molecular flexibility index (Phi) is 7.61. The van der Waals surface area contributed by atoms with E-state index in [1.807, 2.05) is 50.2 Å². The molecule has 0 spiro atoms. The van der Waals surface area contributed by atoms with Crippen molar-refractivity contribution < 1.29 is 23.8 Å². The number of halogens is 1. The number of nitrogens with zero attached hydrogens (tertiary/aromatic N) is 1. The van der Waals surface area contributed by atoms with Gasteiger partial charge >= 0.3 is 5.97 Å². The largest absolute Gasteiger partial charge is 0.490 e. The maximum absolute atomic E-state index is 13.5. The molecule has 0 saturated heterocycles. The van der Waals surface area contributed by atoms with Crippen LogP contribution in [0, 0.1) is 0 Å². The standard InChI is InChI=1S/C28H28ClNO5/c1-4-33-24-15-20-16-26(31)30(22-13-9-19(10-14-22)28(32)35-6-3)27(18-7-11-21(29)12-8-18)23(20)17-25(24)34-5-2/h7-15,17,27H,4-6,16H2,1-3H3/t27-/m0/s1. The maximum Gasteiger partial charge on any atom is 0.338 e. The van der Waals surface area contributed by atoms with E-state index in [-0.39, 0.29) is 12.3 Å². The third-order valence-corrected chi connectivity index (χ3v) is 6.06. The summed E-state index contributed by atoms with van der Waals surface area (Å²) in [5.41, 5.74) is 3.86. The average molecular weight is 494 g/mol. The fourth-order valence-corrected chi connectivity index (χ4v) is 4.46. The molecule has 0 radical (unpaired) electrons. The third-order valence-electron chi connectivity index (χ3n) is 5.81. The molecule has 4 rings (SSSR count). The fourth-order valence-electron chi connectivity index (χ4n) is 4.33. The Morgan fingerprint density at radius 2 is 1.54 bits per heavy atom. The minimum atomic E-state index is -0.410. The molecule has 35 heavy (non-hydrogen) atoms. The average Bonchev–Trinajstić information content (AvgIpc) is 2.85. The van der Waals surface area contributed by atoms with Crippen LogP contribution in [0.15, 0.2) is 60.7 Å². The number of anilines is 1. The smallest absolute Gasteiger partial charge is 0.338 e. The maximum atomic E-state index is 13.5. The summed E-state index contributed by atoms with van der Waals surface area (Å²) in [5, 5.41) is 0.614. The van der Waals surface area contributed by atoms with Crippen LogP contribution < -0.4 is 14.4 Å². The molecule has 1 aliphatic heterocycles. The van der Waals surface area contributed by atoms with Gasteiger partial charge in [-0.1, -0.05) is 23.7 Å². The number of ether oxygens (including phenoxy) is 3. The second-order valence-electron chi connectivity index (χ2n) is 8.03. The Labute approximate surface area is 210 Å². The van der Waals surface area contributed by atoms with Gasteiger partial charge in [0.1, 0.15) is 0 Å². The first kappa shape index (κ1) is 24.6. The van der Waals surface area contributed by atoms with Crippen molar-refractivity contribution in [2.75, 3.05) is 24.7 Å². The summed E-state index contributed by atoms with van der Waals surface area (Å²) in [6.07, 6.45) is 0.214. The van der Waals surface area contributed by atoms with E-state index in [0.29, 0.717) is 47.6 Å². The molecule has 0 unspecified atom stereocenters. The minimum absolute atomic E-state index is 0.0621. The summed E-state index contributed by atoms with van der Waals surface area (Å²) in [7, 11) is 0. The van der Waals surface area contributed by atoms with E-state index in [1.165, 1.54) is 0 Å². The van der Waals surface area contributed by atoms with Crippen LogP contribution >= 0.6 is 11.6 Å². The zero-order valence-electron chi connectivity index (χ0n) is 20.0. The van der Waals surface area contributed by atoms with Crippen molar-refractivity contribution in [2.24, 2.45) is 0 Å². The topological polar surface area (TPSA) is 65.1 Å². The molecule has 3 aromatic rings. The van der Waals surface area contributed by atoms with Gasteiger partial charge < -0.3 is 19.1 Å². The van der Waals surface area contributed by atoms with Crippen molar-refractivity contribution in [1.82, 2.24) is 0 Å². The van der Waals surface area contributed by atoms with E-state index < -0.39 is 12.0 Å². The predicted molar refractivity (Wildman–Crippen MR) is 136 cm³/mol. The van der Waals surface area contributed by atoms with Crippen LogP contribution in [-0.2, 0) is 16.0 Å². The summed E-state index contributed by atoms with van der Waals surface area (Å²) < 4.78 is 16.8. The first-order valence-electron chi connectivity index (χ1n) is 11.7. The molecule has 1 heterocycles. The molecule has 6 nitrogen and oxygen atoms in total. The van der Waals surface area contributed by atoms with Crippen molar-refractivity contribution >= 4 is 29.2 Å². The molecule has 0 aromatic heterocycles. The van der Waals surface area contributed by atoms with Crippen molar-refractivity contribution in [1.29, 1.82) is 0 Å². The van der Waals surface area contributed by atoms with E-state index in [2.05, 4.69) is 0 Å². The second kappa shape index (κ2) is 10.8. The normalized spacial score (nSPS) is 14.9. The van der Waals surface area contributed by atoms with E-state index in [1.54, 1.807) is 36.1 Å². The van der Waals surface area contributed by atoms with Gasteiger partial charge in [-0.2, -0.15) is 0 Å². The number of benzene rings is 3. The van der Waals surface area contributed by atoms with Gasteiger partial charge in [-0.15, -0.1) is 0 Å². The Bertz CT molecular complexity index is 1210. The highest BCUT2D eigenvalue weighted by atomic mass is 35.5. The van der Waals surface area contributed by atoms with Crippen LogP contribution in [0.1, 0.15) is 53.9 Å². The van der Waals surface area contributed by atoms with Crippen LogP contribution in [0.5, 0.6) is 11.5 Å². The minimum Gasteiger partial charge on any atom is -0.490 e. The van der Waals surface area contributed by atoms with E-state index in [9.17, 15) is 9.59 Å². The fraction of sp³-hybridized carbons (Fsp3) is 0.286. The summed E-state index contributed by atoms with van der Waals surface area (Å²) in [5.74, 6) is 0.809. The number of carbonyl (C=O) groups excluding carboxylic acids is 2. The molecule has 0 N–H and O–H groups in total. The lowest BCUT2D eigenvalue weighted by atomic mass is 9.86. The van der Waals surface area contributed by atoms with Gasteiger partial charge in [0.05, 0.1) is 37.8 Å². The monoisotopic (exact) mass is 493 g/mol. The predicted octanol–water partition coefficient (Wildman–Crippen LogP) is 5.99. The Morgan fingerprint density at radius 1 is 0.914 bits per heavy atom. The molecule has 1 aliphatic rings. The van der Waals surface area contributed by atoms with Gasteiger partial charge in [-0.3, -0.25) is 4.79 Å². The SMILES string of the molecule is CCOC(=O)c1ccc(N2C(=O)Cc3cc(OCC)c(OCC)cc3[C@@H]2c2ccc(Cl)cc2)cc1. The molecular formula is C28H28ClNO5. The highest BCUT2D eigenvalue weighted by molar-refractivity contribution is 6.30. The number of hydrogen-bond acceptors (Lipinski definition) is 5. The molecule has 7 heteroatoms. The highest BCUT2D eigenvalue weighted by Gasteiger charge is 2.36. The number of rotatable bonds is 8. The van der Waals surface area contributed by atoms with Gasteiger partial charge in [0.2, 0.25) is 5.91 Å². The number of esters is 1. The molecule has 1 amide bonds. The molecule has 1 atom stereocenters. The summed E-state index contributed by atoms with van der Waals surface area (Å²) in [4.78, 5) is 27.4. The van der Waals surface area contributed by atoms with Crippen LogP contribution in [0.4, 0.5) is 5.69 Å². The molecule has 0 fully saturated rings. The first-order valence-corrected chi connectivity index (χ1v) is 12.1. The molecule has 0 bridgehead atoms. The molecule has 182 valence electrons. The summed E-state index contributed by atoms with van der Waals surface area (Å²) in [6.45, 7) is 6.88. The van der Waals surface area contributed by atoms with Gasteiger partial charge in [-0.25, -0.2) is 4.79 Å². The second-order valence-corrected chi connectivity index (χ2v) is 8.46. The molecule has 0 aliphatic carbocycles. The van der Waals surface area contributed by atoms with E-state index in [0.717, 1.165) is 16.7 Å². The number of fused-ring (bicyclic) bond motifs is 1. The lowest BCUT2D eigenvalue weighted by Gasteiger charge is -2.38. The van der Waals surface area contributed by atoms with Gasteiger partial charge in [0.15, 0.2) is 11.5 Å². The summed E-state index contributed by atoms with van der Waals surface area (Å²) in [6, 6.07) is 17.8. The van der Waals surface area contributed by atoms with Gasteiger partial charge in [0.25, 0.3) is 0 Å². The lowest BCUT2D eigenvalue weighted by Crippen LogP contribution is -2.41. The van der Waals surface area contributed by atoms with Crippen LogP contribution in [0.25, 0.3) is 0 Å². The zero-order valence-corrected chi connectivity index (χ0v) is 20.8. The highest BCUT2D eigenvalue weighted by Crippen LogP contribution is 2.43. The number of amides is 1. The van der Waals surface area contributed by atoms with E-state index in [4.69, 9.17) is 25.8 Å². The first-order chi connectivity index (χ1) is 17.0. The third kappa shape index (κ3) is 5.13. The zero-order chi connectivity index (χ0) is 24.9. The van der Waals surface area contributed by atoms with Crippen LogP contribution in [0.2, 0.25) is 5.02 Å².